The van der Waals surface area contributed by atoms with E-state index >= 15 is 0 Å². The zero-order chi connectivity index (χ0) is 12.5. The fourth-order valence-corrected chi connectivity index (χ4v) is 0.550. The first-order valence-corrected chi connectivity index (χ1v) is 4.87. The first-order valence-electron chi connectivity index (χ1n) is 4.87. The zero-order valence-electron chi connectivity index (χ0n) is 9.68. The summed E-state index contributed by atoms with van der Waals surface area (Å²) in [5.74, 6) is 0. The summed E-state index contributed by atoms with van der Waals surface area (Å²) < 4.78 is 35.5. The van der Waals surface area contributed by atoms with E-state index in [1.807, 2.05) is 27.7 Å². The van der Waals surface area contributed by atoms with Crippen molar-refractivity contribution in [3.8, 4) is 0 Å². The normalized spacial score (nSPS) is 9.33. The van der Waals surface area contributed by atoms with E-state index in [1.54, 1.807) is 6.92 Å². The van der Waals surface area contributed by atoms with Crippen LogP contribution in [0, 0.1) is 6.92 Å². The lowest BCUT2D eigenvalue weighted by Gasteiger charge is -2.02. The van der Waals surface area contributed by atoms with E-state index in [1.165, 1.54) is 6.07 Å². The van der Waals surface area contributed by atoms with Crippen molar-refractivity contribution in [1.29, 1.82) is 0 Å². The lowest BCUT2D eigenvalue weighted by atomic mass is 10.3. The third kappa shape index (κ3) is 6.88. The number of nitrogens with zero attached hydrogens (tertiary/aromatic N) is 2. The number of hydrogen-bond donors (Lipinski definition) is 0. The van der Waals surface area contributed by atoms with Gasteiger partial charge in [-0.15, -0.1) is 5.10 Å². The molecule has 0 amide bonds. The molecule has 0 saturated heterocycles. The highest BCUT2D eigenvalue weighted by molar-refractivity contribution is 5.07. The molecule has 2 nitrogen and oxygen atoms in total. The standard InChI is InChI=1S/C6H5F3N2.2C2H6/c1-4-2-3-5(11-10-4)6(7,8)9;2*1-2/h2-3H,1H3;2*1-2H3. The highest BCUT2D eigenvalue weighted by Crippen LogP contribution is 2.26. The van der Waals surface area contributed by atoms with Gasteiger partial charge in [-0.05, 0) is 19.1 Å². The van der Waals surface area contributed by atoms with Gasteiger partial charge in [-0.2, -0.15) is 18.3 Å². The summed E-state index contributed by atoms with van der Waals surface area (Å²) in [6, 6.07) is 2.18. The van der Waals surface area contributed by atoms with Crippen molar-refractivity contribution in [2.45, 2.75) is 40.8 Å². The largest absolute Gasteiger partial charge is 0.435 e. The molecule has 0 radical (unpaired) electrons. The summed E-state index contributed by atoms with van der Waals surface area (Å²) >= 11 is 0. The highest BCUT2D eigenvalue weighted by Gasteiger charge is 2.32. The number of rotatable bonds is 0. The molecule has 0 atom stereocenters. The molecule has 88 valence electrons. The topological polar surface area (TPSA) is 25.8 Å². The Morgan fingerprint density at radius 2 is 1.40 bits per heavy atom. The molecule has 0 unspecified atom stereocenters. The number of alkyl halides is 3. The maximum absolute atomic E-state index is 11.8. The van der Waals surface area contributed by atoms with Gasteiger partial charge in [0.1, 0.15) is 0 Å². The third-order valence-corrected chi connectivity index (χ3v) is 1.09. The molecule has 1 heterocycles. The minimum absolute atomic E-state index is 0.470. The van der Waals surface area contributed by atoms with Crippen molar-refractivity contribution in [1.82, 2.24) is 10.2 Å². The Balaban J connectivity index is 0. The van der Waals surface area contributed by atoms with Gasteiger partial charge in [-0.3, -0.25) is 0 Å². The lowest BCUT2D eigenvalue weighted by molar-refractivity contribution is -0.141. The van der Waals surface area contributed by atoms with Crippen molar-refractivity contribution >= 4 is 0 Å². The Labute approximate surface area is 88.5 Å². The number of aryl methyl sites for hydroxylation is 1. The summed E-state index contributed by atoms with van der Waals surface area (Å²) in [5.41, 5.74) is -0.485. The Kier molecular flexibility index (Phi) is 8.91. The van der Waals surface area contributed by atoms with Gasteiger partial charge < -0.3 is 0 Å². The van der Waals surface area contributed by atoms with Crippen LogP contribution in [0.4, 0.5) is 13.2 Å². The van der Waals surface area contributed by atoms with Crippen LogP contribution in [0.5, 0.6) is 0 Å². The van der Waals surface area contributed by atoms with E-state index < -0.39 is 11.9 Å². The molecule has 0 fully saturated rings. The summed E-state index contributed by atoms with van der Waals surface area (Å²) in [6.45, 7) is 9.58. The summed E-state index contributed by atoms with van der Waals surface area (Å²) in [4.78, 5) is 0. The predicted molar refractivity (Wildman–Crippen MR) is 54.5 cm³/mol. The Morgan fingerprint density at radius 3 is 1.67 bits per heavy atom. The minimum atomic E-state index is -4.39. The number of halogens is 3. The summed E-state index contributed by atoms with van der Waals surface area (Å²) in [5, 5.41) is 6.25. The van der Waals surface area contributed by atoms with E-state index in [-0.39, 0.29) is 0 Å². The van der Waals surface area contributed by atoms with Crippen LogP contribution in [0.1, 0.15) is 39.1 Å². The third-order valence-electron chi connectivity index (χ3n) is 1.09. The van der Waals surface area contributed by atoms with Crippen LogP contribution in [-0.4, -0.2) is 10.2 Å². The zero-order valence-corrected chi connectivity index (χ0v) is 9.68. The average molecular weight is 222 g/mol. The number of aromatic nitrogens is 2. The van der Waals surface area contributed by atoms with Crippen LogP contribution in [-0.2, 0) is 6.18 Å². The van der Waals surface area contributed by atoms with Gasteiger partial charge in [-0.25, -0.2) is 0 Å². The predicted octanol–water partition coefficient (Wildman–Crippen LogP) is 3.86. The Morgan fingerprint density at radius 1 is 0.933 bits per heavy atom. The monoisotopic (exact) mass is 222 g/mol. The molecule has 1 rings (SSSR count). The molecule has 15 heavy (non-hydrogen) atoms. The molecule has 0 aliphatic carbocycles. The molecule has 1 aromatic heterocycles. The van der Waals surface area contributed by atoms with Crippen molar-refractivity contribution < 1.29 is 13.2 Å². The fraction of sp³-hybridized carbons (Fsp3) is 0.600. The highest BCUT2D eigenvalue weighted by atomic mass is 19.4. The quantitative estimate of drug-likeness (QED) is 0.666. The fourth-order valence-electron chi connectivity index (χ4n) is 0.550. The first-order chi connectivity index (χ1) is 7.00. The van der Waals surface area contributed by atoms with Gasteiger partial charge in [0.2, 0.25) is 0 Å². The smallest absolute Gasteiger partial charge is 0.164 e. The molecule has 5 heteroatoms. The van der Waals surface area contributed by atoms with Gasteiger partial charge in [0.05, 0.1) is 5.69 Å². The van der Waals surface area contributed by atoms with Gasteiger partial charge >= 0.3 is 6.18 Å². The number of hydrogen-bond acceptors (Lipinski definition) is 2. The van der Waals surface area contributed by atoms with Gasteiger partial charge in [-0.1, -0.05) is 27.7 Å². The van der Waals surface area contributed by atoms with Crippen LogP contribution < -0.4 is 0 Å². The van der Waals surface area contributed by atoms with Gasteiger partial charge in [0.15, 0.2) is 5.69 Å². The summed E-state index contributed by atoms with van der Waals surface area (Å²) in [7, 11) is 0. The van der Waals surface area contributed by atoms with E-state index in [0.29, 0.717) is 5.69 Å². The first kappa shape index (κ1) is 16.3. The molecule has 0 aliphatic rings. The average Bonchev–Trinajstić information content (AvgIpc) is 2.23. The molecular formula is C10H17F3N2. The van der Waals surface area contributed by atoms with E-state index in [4.69, 9.17) is 0 Å². The van der Waals surface area contributed by atoms with Crippen LogP contribution >= 0.6 is 0 Å². The molecule has 0 bridgehead atoms. The minimum Gasteiger partial charge on any atom is -0.164 e. The molecule has 0 aromatic carbocycles. The van der Waals surface area contributed by atoms with Gasteiger partial charge in [0, 0.05) is 0 Å². The molecule has 0 N–H and O–H groups in total. The second-order valence-corrected chi connectivity index (χ2v) is 2.06. The molecular weight excluding hydrogens is 205 g/mol. The van der Waals surface area contributed by atoms with Crippen LogP contribution in [0.15, 0.2) is 12.1 Å². The maximum atomic E-state index is 11.8. The van der Waals surface area contributed by atoms with Crippen molar-refractivity contribution in [3.05, 3.63) is 23.5 Å². The van der Waals surface area contributed by atoms with E-state index in [2.05, 4.69) is 10.2 Å². The lowest BCUT2D eigenvalue weighted by Crippen LogP contribution is -2.08. The van der Waals surface area contributed by atoms with Crippen LogP contribution in [0.2, 0.25) is 0 Å². The van der Waals surface area contributed by atoms with Crippen LogP contribution in [0.3, 0.4) is 0 Å². The van der Waals surface area contributed by atoms with Gasteiger partial charge in [0.25, 0.3) is 0 Å². The molecule has 0 saturated carbocycles. The summed E-state index contributed by atoms with van der Waals surface area (Å²) in [6.07, 6.45) is -4.39. The van der Waals surface area contributed by atoms with Crippen molar-refractivity contribution in [2.24, 2.45) is 0 Å². The molecule has 0 spiro atoms. The second-order valence-electron chi connectivity index (χ2n) is 2.06. The van der Waals surface area contributed by atoms with Crippen molar-refractivity contribution in [2.75, 3.05) is 0 Å². The molecule has 1 aromatic rings. The Bertz CT molecular complexity index is 242. The van der Waals surface area contributed by atoms with Crippen LogP contribution in [0.25, 0.3) is 0 Å². The van der Waals surface area contributed by atoms with E-state index in [0.717, 1.165) is 6.07 Å². The maximum Gasteiger partial charge on any atom is 0.435 e. The SMILES string of the molecule is CC.CC.Cc1ccc(C(F)(F)F)nn1. The Hall–Kier alpha value is -1.13. The second kappa shape index (κ2) is 8.20. The molecule has 0 aliphatic heterocycles. The van der Waals surface area contributed by atoms with E-state index in [9.17, 15) is 13.2 Å². The van der Waals surface area contributed by atoms with Crippen molar-refractivity contribution in [3.63, 3.8) is 0 Å².